The molecule has 7 rings (SSSR count). The SMILES string of the molecule is O=c1oc(NCCCCCCCCc2ccccc2)nc2sccc12.O=c1oc([S+]([O-])c2ccccc2)nc2scc(Nc3ccccc3)c12. The number of para-hydroxylation sites is 1. The maximum absolute atomic E-state index is 12.5. The fourth-order valence-corrected chi connectivity index (χ4v) is 7.82. The van der Waals surface area contributed by atoms with Gasteiger partial charge in [0.2, 0.25) is 0 Å². The molecule has 1 unspecified atom stereocenters. The van der Waals surface area contributed by atoms with Gasteiger partial charge in [-0.05, 0) is 60.5 Å². The molecule has 0 bridgehead atoms. The van der Waals surface area contributed by atoms with E-state index in [4.69, 9.17) is 8.83 Å². The van der Waals surface area contributed by atoms with Crippen LogP contribution >= 0.6 is 22.7 Å². The van der Waals surface area contributed by atoms with Crippen LogP contribution < -0.4 is 21.9 Å². The third-order valence-electron chi connectivity index (χ3n) is 7.79. The average molecular weight is 725 g/mol. The van der Waals surface area contributed by atoms with Crippen molar-refractivity contribution in [3.05, 3.63) is 134 Å². The fraction of sp³-hybridized carbons (Fsp3) is 0.211. The zero-order valence-electron chi connectivity index (χ0n) is 27.2. The minimum Gasteiger partial charge on any atom is -0.603 e. The number of unbranched alkanes of at least 4 members (excludes halogenated alkanes) is 5. The average Bonchev–Trinajstić information content (AvgIpc) is 3.80. The first-order chi connectivity index (χ1) is 24.5. The van der Waals surface area contributed by atoms with E-state index in [2.05, 4.69) is 50.9 Å². The highest BCUT2D eigenvalue weighted by molar-refractivity contribution is 7.91. The Kier molecular flexibility index (Phi) is 12.5. The number of rotatable bonds is 14. The Morgan fingerprint density at radius 1 is 0.700 bits per heavy atom. The number of hydrogen-bond donors (Lipinski definition) is 2. The van der Waals surface area contributed by atoms with E-state index in [1.165, 1.54) is 66.8 Å². The number of nitrogens with one attached hydrogen (secondary N) is 2. The van der Waals surface area contributed by atoms with E-state index in [1.54, 1.807) is 35.7 Å². The van der Waals surface area contributed by atoms with E-state index in [9.17, 15) is 14.1 Å². The summed E-state index contributed by atoms with van der Waals surface area (Å²) in [7, 11) is 0. The topological polar surface area (TPSA) is 133 Å². The summed E-state index contributed by atoms with van der Waals surface area (Å²) >= 11 is 1.13. The zero-order chi connectivity index (χ0) is 34.5. The molecule has 4 aromatic heterocycles. The van der Waals surface area contributed by atoms with Gasteiger partial charge in [-0.15, -0.1) is 22.7 Å². The summed E-state index contributed by atoms with van der Waals surface area (Å²) in [4.78, 5) is 34.6. The lowest BCUT2D eigenvalue weighted by Crippen LogP contribution is -2.10. The molecule has 256 valence electrons. The van der Waals surface area contributed by atoms with Crippen molar-refractivity contribution in [3.8, 4) is 0 Å². The van der Waals surface area contributed by atoms with Gasteiger partial charge in [-0.3, -0.25) is 0 Å². The molecule has 0 aliphatic carbocycles. The van der Waals surface area contributed by atoms with Crippen LogP contribution in [0.15, 0.2) is 136 Å². The number of anilines is 3. The number of fused-ring (bicyclic) bond motifs is 2. The Morgan fingerprint density at radius 2 is 1.38 bits per heavy atom. The standard InChI is InChI=1S/C20H24N2O2S.C18H12N2O3S2/c23-19-17-13-15-25-18(17)22-20(24-19)21-14-9-4-2-1-3-6-10-16-11-7-5-8-12-16;21-17-15-14(19-12-7-3-1-4-8-12)11-24-16(15)20-18(23-17)25(22)13-9-5-2-6-10-13/h5,7-8,11-13,15H,1-4,6,9-10,14H2,(H,21,22);1-11,19H. The molecular formula is C38H36N4O5S3. The van der Waals surface area contributed by atoms with Gasteiger partial charge in [-0.25, -0.2) is 9.59 Å². The largest absolute Gasteiger partial charge is 0.603 e. The lowest BCUT2D eigenvalue weighted by Gasteiger charge is -2.06. The van der Waals surface area contributed by atoms with Crippen molar-refractivity contribution in [1.82, 2.24) is 9.97 Å². The Balaban J connectivity index is 0.000000173. The maximum atomic E-state index is 12.5. The number of benzene rings is 3. The lowest BCUT2D eigenvalue weighted by atomic mass is 10.1. The summed E-state index contributed by atoms with van der Waals surface area (Å²) in [5.74, 6) is 0. The van der Waals surface area contributed by atoms with Gasteiger partial charge >= 0.3 is 16.5 Å². The molecule has 12 heteroatoms. The predicted molar refractivity (Wildman–Crippen MR) is 203 cm³/mol. The molecule has 7 aromatic rings. The summed E-state index contributed by atoms with van der Waals surface area (Å²) in [5.41, 5.74) is 2.06. The van der Waals surface area contributed by atoms with Crippen molar-refractivity contribution < 1.29 is 13.4 Å². The van der Waals surface area contributed by atoms with Gasteiger partial charge in [0.15, 0.2) is 4.90 Å². The molecule has 0 amide bonds. The molecule has 0 radical (unpaired) electrons. The summed E-state index contributed by atoms with van der Waals surface area (Å²) in [6.07, 6.45) is 8.50. The first kappa shape index (κ1) is 35.1. The Labute approximate surface area is 300 Å². The van der Waals surface area contributed by atoms with E-state index in [0.717, 1.165) is 23.5 Å². The van der Waals surface area contributed by atoms with Gasteiger partial charge in [-0.1, -0.05) is 92.4 Å². The molecular weight excluding hydrogens is 689 g/mol. The molecule has 3 aromatic carbocycles. The van der Waals surface area contributed by atoms with Crippen LogP contribution in [-0.4, -0.2) is 21.1 Å². The van der Waals surface area contributed by atoms with E-state index in [-0.39, 0.29) is 10.8 Å². The van der Waals surface area contributed by atoms with Crippen LogP contribution in [0.5, 0.6) is 0 Å². The van der Waals surface area contributed by atoms with Crippen LogP contribution in [0.1, 0.15) is 44.1 Å². The van der Waals surface area contributed by atoms with E-state index in [0.29, 0.717) is 32.2 Å². The highest BCUT2D eigenvalue weighted by atomic mass is 32.2. The third kappa shape index (κ3) is 9.48. The molecule has 0 aliphatic rings. The number of aromatic nitrogens is 2. The van der Waals surface area contributed by atoms with E-state index in [1.807, 2.05) is 41.8 Å². The van der Waals surface area contributed by atoms with Crippen molar-refractivity contribution >= 4 is 71.7 Å². The predicted octanol–water partition coefficient (Wildman–Crippen LogP) is 9.40. The summed E-state index contributed by atoms with van der Waals surface area (Å²) < 4.78 is 23.0. The van der Waals surface area contributed by atoms with Crippen LogP contribution in [-0.2, 0) is 17.6 Å². The Morgan fingerprint density at radius 3 is 2.14 bits per heavy atom. The molecule has 2 N–H and O–H groups in total. The Hall–Kier alpha value is -4.75. The summed E-state index contributed by atoms with van der Waals surface area (Å²) in [6, 6.07) is 31.1. The smallest absolute Gasteiger partial charge is 0.425 e. The zero-order valence-corrected chi connectivity index (χ0v) is 29.7. The molecule has 0 aliphatic heterocycles. The second-order valence-electron chi connectivity index (χ2n) is 11.4. The van der Waals surface area contributed by atoms with Gasteiger partial charge in [-0.2, -0.15) is 9.97 Å². The molecule has 9 nitrogen and oxygen atoms in total. The van der Waals surface area contributed by atoms with Gasteiger partial charge < -0.3 is 24.0 Å². The minimum atomic E-state index is -1.63. The molecule has 50 heavy (non-hydrogen) atoms. The van der Waals surface area contributed by atoms with Crippen LogP contribution in [0.3, 0.4) is 0 Å². The van der Waals surface area contributed by atoms with Gasteiger partial charge in [0.25, 0.3) is 6.01 Å². The number of nitrogens with zero attached hydrogens (tertiary/aromatic N) is 2. The first-order valence-electron chi connectivity index (χ1n) is 16.4. The summed E-state index contributed by atoms with van der Waals surface area (Å²) in [6.45, 7) is 0.789. The van der Waals surface area contributed by atoms with Crippen molar-refractivity contribution in [2.24, 2.45) is 0 Å². The molecule has 0 saturated carbocycles. The monoisotopic (exact) mass is 724 g/mol. The van der Waals surface area contributed by atoms with Crippen molar-refractivity contribution in [2.75, 3.05) is 17.2 Å². The number of hydrogen-bond acceptors (Lipinski definition) is 11. The van der Waals surface area contributed by atoms with Crippen molar-refractivity contribution in [3.63, 3.8) is 0 Å². The number of aryl methyl sites for hydroxylation is 1. The van der Waals surface area contributed by atoms with Gasteiger partial charge in [0.05, 0.1) is 22.2 Å². The molecule has 4 heterocycles. The fourth-order valence-electron chi connectivity index (χ4n) is 5.23. The highest BCUT2D eigenvalue weighted by Crippen LogP contribution is 2.30. The van der Waals surface area contributed by atoms with Crippen LogP contribution in [0.4, 0.5) is 17.4 Å². The molecule has 1 atom stereocenters. The first-order valence-corrected chi connectivity index (χ1v) is 19.3. The van der Waals surface area contributed by atoms with Crippen molar-refractivity contribution in [1.29, 1.82) is 0 Å². The van der Waals surface area contributed by atoms with E-state index >= 15 is 0 Å². The highest BCUT2D eigenvalue weighted by Gasteiger charge is 2.23. The Bertz CT molecular complexity index is 2200. The summed E-state index contributed by atoms with van der Waals surface area (Å²) in [5, 5.41) is 10.8. The normalized spacial score (nSPS) is 11.6. The quantitative estimate of drug-likeness (QED) is 0.0831. The molecule has 0 spiro atoms. The van der Waals surface area contributed by atoms with Gasteiger partial charge in [0, 0.05) is 17.6 Å². The van der Waals surface area contributed by atoms with Gasteiger partial charge in [0.1, 0.15) is 15.0 Å². The second kappa shape index (κ2) is 17.8. The molecule has 0 saturated heterocycles. The molecule has 0 fully saturated rings. The lowest BCUT2D eigenvalue weighted by molar-refractivity contribution is 0.384. The van der Waals surface area contributed by atoms with Crippen LogP contribution in [0.2, 0.25) is 0 Å². The second-order valence-corrected chi connectivity index (χ2v) is 14.5. The van der Waals surface area contributed by atoms with Crippen LogP contribution in [0.25, 0.3) is 20.4 Å². The maximum Gasteiger partial charge on any atom is 0.425 e. The minimum absolute atomic E-state index is 0.0863. The third-order valence-corrected chi connectivity index (χ3v) is 10.7. The van der Waals surface area contributed by atoms with Crippen molar-refractivity contribution in [2.45, 2.75) is 55.1 Å². The van der Waals surface area contributed by atoms with Crippen LogP contribution in [0, 0.1) is 0 Å². The number of thiophene rings is 2. The van der Waals surface area contributed by atoms with E-state index < -0.39 is 16.8 Å².